The summed E-state index contributed by atoms with van der Waals surface area (Å²) in [5.41, 5.74) is -0.462. The number of carbonyl (C=O) groups is 3. The van der Waals surface area contributed by atoms with Crippen LogP contribution in [0.1, 0.15) is 48.9 Å². The molecule has 1 aliphatic carbocycles. The van der Waals surface area contributed by atoms with E-state index in [1.54, 1.807) is 18.2 Å². The van der Waals surface area contributed by atoms with Crippen LogP contribution in [0.3, 0.4) is 0 Å². The van der Waals surface area contributed by atoms with Gasteiger partial charge in [0.25, 0.3) is 5.91 Å². The molecule has 3 amide bonds. The summed E-state index contributed by atoms with van der Waals surface area (Å²) >= 11 is 0. The Labute approximate surface area is 152 Å². The van der Waals surface area contributed by atoms with Crippen molar-refractivity contribution in [1.82, 2.24) is 10.2 Å². The van der Waals surface area contributed by atoms with Gasteiger partial charge in [0.15, 0.2) is 17.3 Å². The number of hydrogen-bond donors (Lipinski definition) is 1. The third kappa shape index (κ3) is 3.25. The summed E-state index contributed by atoms with van der Waals surface area (Å²) in [7, 11) is 3.00. The summed E-state index contributed by atoms with van der Waals surface area (Å²) in [5, 5.41) is 2.85. The average Bonchev–Trinajstić information content (AvgIpc) is 2.82. The van der Waals surface area contributed by atoms with Gasteiger partial charge in [0.2, 0.25) is 0 Å². The van der Waals surface area contributed by atoms with Gasteiger partial charge in [-0.2, -0.15) is 0 Å². The number of nitrogens with one attached hydrogen (secondary N) is 1. The van der Waals surface area contributed by atoms with Gasteiger partial charge < -0.3 is 14.8 Å². The van der Waals surface area contributed by atoms with Gasteiger partial charge in [0.05, 0.1) is 20.8 Å². The molecule has 140 valence electrons. The van der Waals surface area contributed by atoms with Gasteiger partial charge in [-0.05, 0) is 31.0 Å². The highest BCUT2D eigenvalue weighted by atomic mass is 16.5. The maximum atomic E-state index is 12.9. The number of carbonyl (C=O) groups excluding carboxylic acids is 3. The second-order valence-electron chi connectivity index (χ2n) is 6.81. The van der Waals surface area contributed by atoms with E-state index in [4.69, 9.17) is 9.47 Å². The number of rotatable bonds is 5. The lowest BCUT2D eigenvalue weighted by Gasteiger charge is -2.24. The number of urea groups is 1. The molecule has 1 heterocycles. The molecule has 0 radical (unpaired) electrons. The summed E-state index contributed by atoms with van der Waals surface area (Å²) < 4.78 is 10.4. The van der Waals surface area contributed by atoms with E-state index in [1.807, 2.05) is 0 Å². The zero-order valence-corrected chi connectivity index (χ0v) is 15.2. The molecule has 0 bridgehead atoms. The summed E-state index contributed by atoms with van der Waals surface area (Å²) in [5.74, 6) is 0.339. The van der Waals surface area contributed by atoms with Crippen molar-refractivity contribution in [3.05, 3.63) is 23.8 Å². The van der Waals surface area contributed by atoms with Crippen molar-refractivity contribution in [2.24, 2.45) is 0 Å². The van der Waals surface area contributed by atoms with Gasteiger partial charge in [-0.1, -0.05) is 25.7 Å². The molecule has 26 heavy (non-hydrogen) atoms. The Hall–Kier alpha value is -2.57. The number of nitrogens with zero attached hydrogens (tertiary/aromatic N) is 1. The number of methoxy groups -OCH3 is 2. The molecule has 1 spiro atoms. The molecule has 2 aliphatic rings. The van der Waals surface area contributed by atoms with Crippen LogP contribution in [0, 0.1) is 0 Å². The average molecular weight is 360 g/mol. The van der Waals surface area contributed by atoms with Gasteiger partial charge >= 0.3 is 6.03 Å². The summed E-state index contributed by atoms with van der Waals surface area (Å²) in [6.45, 7) is -0.276. The highest BCUT2D eigenvalue weighted by Gasteiger charge is 2.51. The zero-order chi connectivity index (χ0) is 18.7. The SMILES string of the molecule is COc1ccc(C(=O)CN2C(=O)NC3(CCCCCC3)C2=O)cc1OC. The third-order valence-electron chi connectivity index (χ3n) is 5.21. The fraction of sp³-hybridized carbons (Fsp3) is 0.526. The van der Waals surface area contributed by atoms with Gasteiger partial charge in [-0.25, -0.2) is 4.79 Å². The predicted octanol–water partition coefficient (Wildman–Crippen LogP) is 2.53. The standard InChI is InChI=1S/C19H24N2O5/c1-25-15-8-7-13(11-16(15)26-2)14(22)12-21-17(23)19(20-18(21)24)9-5-3-4-6-10-19/h7-8,11H,3-6,9-10,12H2,1-2H3,(H,20,24). The highest BCUT2D eigenvalue weighted by Crippen LogP contribution is 2.33. The number of ether oxygens (including phenoxy) is 2. The molecule has 1 aromatic carbocycles. The van der Waals surface area contributed by atoms with E-state index in [9.17, 15) is 14.4 Å². The van der Waals surface area contributed by atoms with E-state index in [2.05, 4.69) is 5.32 Å². The number of Topliss-reactive ketones (excluding diaryl/α,β-unsaturated/α-hetero) is 1. The number of imide groups is 1. The normalized spacial score (nSPS) is 19.2. The zero-order valence-electron chi connectivity index (χ0n) is 15.2. The van der Waals surface area contributed by atoms with Crippen LogP contribution in [0.15, 0.2) is 18.2 Å². The molecule has 1 aromatic rings. The van der Waals surface area contributed by atoms with E-state index in [1.165, 1.54) is 14.2 Å². The van der Waals surface area contributed by atoms with Crippen molar-refractivity contribution in [3.63, 3.8) is 0 Å². The molecule has 0 aromatic heterocycles. The molecule has 7 heteroatoms. The van der Waals surface area contributed by atoms with E-state index >= 15 is 0 Å². The Morgan fingerprint density at radius 2 is 1.73 bits per heavy atom. The molecular weight excluding hydrogens is 336 g/mol. The van der Waals surface area contributed by atoms with Gasteiger partial charge in [0, 0.05) is 5.56 Å². The first kappa shape index (κ1) is 18.2. The molecule has 3 rings (SSSR count). The minimum Gasteiger partial charge on any atom is -0.493 e. The third-order valence-corrected chi connectivity index (χ3v) is 5.21. The first-order valence-electron chi connectivity index (χ1n) is 8.90. The van der Waals surface area contributed by atoms with E-state index in [-0.39, 0.29) is 18.2 Å². The van der Waals surface area contributed by atoms with E-state index in [0.717, 1.165) is 30.6 Å². The van der Waals surface area contributed by atoms with Crippen LogP contribution >= 0.6 is 0 Å². The maximum absolute atomic E-state index is 12.9. The van der Waals surface area contributed by atoms with Crippen molar-refractivity contribution in [2.45, 2.75) is 44.1 Å². The first-order chi connectivity index (χ1) is 12.5. The number of benzene rings is 1. The maximum Gasteiger partial charge on any atom is 0.325 e. The lowest BCUT2D eigenvalue weighted by molar-refractivity contribution is -0.131. The van der Waals surface area contributed by atoms with Crippen LogP contribution in [0.4, 0.5) is 4.79 Å². The molecule has 0 unspecified atom stereocenters. The van der Waals surface area contributed by atoms with Crippen LogP contribution in [-0.2, 0) is 4.79 Å². The Morgan fingerprint density at radius 1 is 1.08 bits per heavy atom. The molecule has 1 saturated heterocycles. The van der Waals surface area contributed by atoms with Crippen molar-refractivity contribution in [1.29, 1.82) is 0 Å². The van der Waals surface area contributed by atoms with Crippen LogP contribution in [-0.4, -0.2) is 48.9 Å². The monoisotopic (exact) mass is 360 g/mol. The lowest BCUT2D eigenvalue weighted by Crippen LogP contribution is -2.46. The van der Waals surface area contributed by atoms with E-state index in [0.29, 0.717) is 29.9 Å². The van der Waals surface area contributed by atoms with Gasteiger partial charge in [0.1, 0.15) is 5.54 Å². The summed E-state index contributed by atoms with van der Waals surface area (Å²) in [6.07, 6.45) is 5.22. The van der Waals surface area contributed by atoms with Gasteiger partial charge in [-0.15, -0.1) is 0 Å². The number of ketones is 1. The second-order valence-corrected chi connectivity index (χ2v) is 6.81. The van der Waals surface area contributed by atoms with Crippen molar-refractivity contribution in [2.75, 3.05) is 20.8 Å². The molecule has 1 aliphatic heterocycles. The Morgan fingerprint density at radius 3 is 2.35 bits per heavy atom. The molecule has 1 saturated carbocycles. The first-order valence-corrected chi connectivity index (χ1v) is 8.90. The second kappa shape index (κ2) is 7.35. The fourth-order valence-corrected chi connectivity index (χ4v) is 3.74. The summed E-state index contributed by atoms with van der Waals surface area (Å²) in [4.78, 5) is 38.9. The van der Waals surface area contributed by atoms with Crippen LogP contribution in [0.25, 0.3) is 0 Å². The quantitative estimate of drug-likeness (QED) is 0.644. The molecule has 2 fully saturated rings. The minimum absolute atomic E-state index is 0.276. The van der Waals surface area contributed by atoms with Crippen LogP contribution < -0.4 is 14.8 Å². The number of hydrogen-bond acceptors (Lipinski definition) is 5. The number of amides is 3. The molecule has 1 N–H and O–H groups in total. The van der Waals surface area contributed by atoms with Gasteiger partial charge in [-0.3, -0.25) is 14.5 Å². The van der Waals surface area contributed by atoms with Crippen LogP contribution in [0.2, 0.25) is 0 Å². The Bertz CT molecular complexity index is 723. The fourth-order valence-electron chi connectivity index (χ4n) is 3.74. The Balaban J connectivity index is 1.77. The van der Waals surface area contributed by atoms with Crippen LogP contribution in [0.5, 0.6) is 11.5 Å². The largest absolute Gasteiger partial charge is 0.493 e. The van der Waals surface area contributed by atoms with Crippen molar-refractivity contribution < 1.29 is 23.9 Å². The molecule has 0 atom stereocenters. The Kier molecular flexibility index (Phi) is 5.15. The van der Waals surface area contributed by atoms with Crippen molar-refractivity contribution in [3.8, 4) is 11.5 Å². The smallest absolute Gasteiger partial charge is 0.325 e. The van der Waals surface area contributed by atoms with E-state index < -0.39 is 11.6 Å². The highest BCUT2D eigenvalue weighted by molar-refractivity contribution is 6.11. The molecule has 7 nitrogen and oxygen atoms in total. The van der Waals surface area contributed by atoms with Crippen molar-refractivity contribution >= 4 is 17.7 Å². The molecular formula is C19H24N2O5. The topological polar surface area (TPSA) is 84.9 Å². The predicted molar refractivity (Wildman–Crippen MR) is 94.6 cm³/mol. The minimum atomic E-state index is -0.828. The summed E-state index contributed by atoms with van der Waals surface area (Å²) in [6, 6.07) is 4.31. The lowest BCUT2D eigenvalue weighted by atomic mass is 9.90.